The molecular weight excluding hydrogens is 286 g/mol. The summed E-state index contributed by atoms with van der Waals surface area (Å²) in [5.41, 5.74) is 5.35. The van der Waals surface area contributed by atoms with Crippen LogP contribution in [0.4, 0.5) is 5.69 Å². The van der Waals surface area contributed by atoms with Crippen molar-refractivity contribution in [1.29, 1.82) is 0 Å². The van der Waals surface area contributed by atoms with Crippen molar-refractivity contribution in [3.05, 3.63) is 59.4 Å². The third-order valence-electron chi connectivity index (χ3n) is 4.57. The Bertz CT molecular complexity index is 897. The zero-order valence-electron chi connectivity index (χ0n) is 13.3. The summed E-state index contributed by atoms with van der Waals surface area (Å²) in [6.07, 6.45) is 0.507. The Morgan fingerprint density at radius 2 is 2.00 bits per heavy atom. The van der Waals surface area contributed by atoms with Crippen LogP contribution < -0.4 is 4.90 Å². The van der Waals surface area contributed by atoms with Gasteiger partial charge in [0.1, 0.15) is 5.82 Å². The van der Waals surface area contributed by atoms with Gasteiger partial charge in [-0.1, -0.05) is 24.3 Å². The first kappa shape index (κ1) is 14.0. The highest BCUT2D eigenvalue weighted by Crippen LogP contribution is 2.32. The molecule has 0 aliphatic carbocycles. The number of anilines is 1. The predicted octanol–water partition coefficient (Wildman–Crippen LogP) is 3.70. The van der Waals surface area contributed by atoms with Crippen molar-refractivity contribution in [2.45, 2.75) is 26.2 Å². The third kappa shape index (κ3) is 2.40. The molecule has 0 saturated carbocycles. The lowest BCUT2D eigenvalue weighted by Crippen LogP contribution is -2.25. The van der Waals surface area contributed by atoms with E-state index in [1.54, 1.807) is 0 Å². The number of hydrogen-bond donors (Lipinski definition) is 1. The Balaban J connectivity index is 1.66. The summed E-state index contributed by atoms with van der Waals surface area (Å²) >= 11 is 0. The number of benzene rings is 2. The fourth-order valence-corrected chi connectivity index (χ4v) is 3.33. The molecule has 23 heavy (non-hydrogen) atoms. The van der Waals surface area contributed by atoms with Crippen LogP contribution in [0.15, 0.2) is 42.5 Å². The van der Waals surface area contributed by atoms with E-state index in [0.717, 1.165) is 28.1 Å². The van der Waals surface area contributed by atoms with Crippen LogP contribution >= 0.6 is 0 Å². The SMILES string of the molecule is Cc1ccc2nc(C3CC(=O)N(c4ccccc4C)C3)[nH]c2c1. The summed E-state index contributed by atoms with van der Waals surface area (Å²) in [5, 5.41) is 0. The van der Waals surface area contributed by atoms with Gasteiger partial charge >= 0.3 is 0 Å². The van der Waals surface area contributed by atoms with Gasteiger partial charge in [0, 0.05) is 24.6 Å². The molecule has 4 rings (SSSR count). The predicted molar refractivity (Wildman–Crippen MR) is 91.7 cm³/mol. The monoisotopic (exact) mass is 305 g/mol. The molecule has 116 valence electrons. The third-order valence-corrected chi connectivity index (χ3v) is 4.57. The lowest BCUT2D eigenvalue weighted by atomic mass is 10.1. The molecule has 0 radical (unpaired) electrons. The number of amides is 1. The van der Waals surface area contributed by atoms with Gasteiger partial charge in [-0.2, -0.15) is 0 Å². The highest BCUT2D eigenvalue weighted by molar-refractivity contribution is 5.97. The van der Waals surface area contributed by atoms with E-state index in [2.05, 4.69) is 29.0 Å². The smallest absolute Gasteiger partial charge is 0.227 e. The van der Waals surface area contributed by atoms with E-state index in [9.17, 15) is 4.79 Å². The first-order valence-electron chi connectivity index (χ1n) is 7.94. The van der Waals surface area contributed by atoms with Crippen LogP contribution in [0.3, 0.4) is 0 Å². The van der Waals surface area contributed by atoms with Gasteiger partial charge in [-0.15, -0.1) is 0 Å². The van der Waals surface area contributed by atoms with E-state index in [1.807, 2.05) is 42.2 Å². The van der Waals surface area contributed by atoms with Crippen LogP contribution in [0.2, 0.25) is 0 Å². The maximum absolute atomic E-state index is 12.5. The first-order valence-corrected chi connectivity index (χ1v) is 7.94. The van der Waals surface area contributed by atoms with Crippen molar-refractivity contribution < 1.29 is 4.79 Å². The number of aryl methyl sites for hydroxylation is 2. The van der Waals surface area contributed by atoms with E-state index in [0.29, 0.717) is 13.0 Å². The number of hydrogen-bond acceptors (Lipinski definition) is 2. The van der Waals surface area contributed by atoms with Crippen molar-refractivity contribution in [3.63, 3.8) is 0 Å². The number of H-pyrrole nitrogens is 1. The Morgan fingerprint density at radius 3 is 2.83 bits per heavy atom. The van der Waals surface area contributed by atoms with E-state index in [-0.39, 0.29) is 11.8 Å². The molecule has 1 N–H and O–H groups in total. The fourth-order valence-electron chi connectivity index (χ4n) is 3.33. The van der Waals surface area contributed by atoms with Crippen LogP contribution in [0, 0.1) is 13.8 Å². The average molecular weight is 305 g/mol. The van der Waals surface area contributed by atoms with E-state index in [4.69, 9.17) is 0 Å². The minimum Gasteiger partial charge on any atom is -0.342 e. The minimum absolute atomic E-state index is 0.120. The number of nitrogens with one attached hydrogen (secondary N) is 1. The topological polar surface area (TPSA) is 49.0 Å². The molecule has 2 heterocycles. The lowest BCUT2D eigenvalue weighted by molar-refractivity contribution is -0.117. The molecule has 1 atom stereocenters. The number of imidazole rings is 1. The molecule has 4 heteroatoms. The second kappa shape index (κ2) is 5.23. The van der Waals surface area contributed by atoms with Crippen LogP contribution in [0.5, 0.6) is 0 Å². The normalized spacial score (nSPS) is 18.1. The molecule has 1 amide bonds. The van der Waals surface area contributed by atoms with Gasteiger partial charge in [-0.05, 0) is 43.2 Å². The van der Waals surface area contributed by atoms with Crippen molar-refractivity contribution in [1.82, 2.24) is 9.97 Å². The number of aromatic amines is 1. The van der Waals surface area contributed by atoms with E-state index in [1.165, 1.54) is 5.56 Å². The number of rotatable bonds is 2. The second-order valence-electron chi connectivity index (χ2n) is 6.33. The Labute approximate surface area is 135 Å². The molecular formula is C19H19N3O. The lowest BCUT2D eigenvalue weighted by Gasteiger charge is -2.18. The van der Waals surface area contributed by atoms with Crippen LogP contribution in [0.25, 0.3) is 11.0 Å². The maximum atomic E-state index is 12.5. The number of carbonyl (C=O) groups excluding carboxylic acids is 1. The molecule has 1 fully saturated rings. The summed E-state index contributed by atoms with van der Waals surface area (Å²) in [6, 6.07) is 14.2. The number of fused-ring (bicyclic) bond motifs is 1. The summed E-state index contributed by atoms with van der Waals surface area (Å²) in [4.78, 5) is 22.4. The molecule has 2 aromatic carbocycles. The molecule has 0 bridgehead atoms. The standard InChI is InChI=1S/C19H19N3O/c1-12-7-8-15-16(9-12)21-19(20-15)14-10-18(23)22(11-14)17-6-4-3-5-13(17)2/h3-9,14H,10-11H2,1-2H3,(H,20,21). The largest absolute Gasteiger partial charge is 0.342 e. The molecule has 1 unspecified atom stereocenters. The average Bonchev–Trinajstić information content (AvgIpc) is 3.11. The Hall–Kier alpha value is -2.62. The molecule has 1 saturated heterocycles. The maximum Gasteiger partial charge on any atom is 0.227 e. The molecule has 4 nitrogen and oxygen atoms in total. The van der Waals surface area contributed by atoms with Crippen molar-refractivity contribution in [2.24, 2.45) is 0 Å². The second-order valence-corrected chi connectivity index (χ2v) is 6.33. The van der Waals surface area contributed by atoms with E-state index >= 15 is 0 Å². The number of nitrogens with zero attached hydrogens (tertiary/aromatic N) is 2. The first-order chi connectivity index (χ1) is 11.1. The zero-order chi connectivity index (χ0) is 16.0. The molecule has 0 spiro atoms. The number of aromatic nitrogens is 2. The minimum atomic E-state index is 0.120. The van der Waals surface area contributed by atoms with Gasteiger partial charge in [0.2, 0.25) is 5.91 Å². The fraction of sp³-hybridized carbons (Fsp3) is 0.263. The highest BCUT2D eigenvalue weighted by atomic mass is 16.2. The summed E-state index contributed by atoms with van der Waals surface area (Å²) in [6.45, 7) is 4.79. The summed E-state index contributed by atoms with van der Waals surface area (Å²) in [7, 11) is 0. The van der Waals surface area contributed by atoms with Crippen LogP contribution in [-0.2, 0) is 4.79 Å². The van der Waals surface area contributed by atoms with Crippen LogP contribution in [0.1, 0.15) is 29.3 Å². The quantitative estimate of drug-likeness (QED) is 0.785. The number of para-hydroxylation sites is 1. The van der Waals surface area contributed by atoms with Gasteiger partial charge in [-0.25, -0.2) is 4.98 Å². The zero-order valence-corrected chi connectivity index (χ0v) is 13.3. The van der Waals surface area contributed by atoms with Gasteiger partial charge in [0.05, 0.1) is 11.0 Å². The van der Waals surface area contributed by atoms with E-state index < -0.39 is 0 Å². The summed E-state index contributed by atoms with van der Waals surface area (Å²) < 4.78 is 0. The van der Waals surface area contributed by atoms with Gasteiger partial charge < -0.3 is 9.88 Å². The van der Waals surface area contributed by atoms with Crippen molar-refractivity contribution >= 4 is 22.6 Å². The van der Waals surface area contributed by atoms with Crippen molar-refractivity contribution in [3.8, 4) is 0 Å². The molecule has 1 aromatic heterocycles. The van der Waals surface area contributed by atoms with Gasteiger partial charge in [0.15, 0.2) is 0 Å². The highest BCUT2D eigenvalue weighted by Gasteiger charge is 2.33. The van der Waals surface area contributed by atoms with Crippen molar-refractivity contribution in [2.75, 3.05) is 11.4 Å². The number of carbonyl (C=O) groups is 1. The molecule has 1 aliphatic rings. The van der Waals surface area contributed by atoms with Gasteiger partial charge in [0.25, 0.3) is 0 Å². The molecule has 1 aliphatic heterocycles. The Kier molecular flexibility index (Phi) is 3.18. The van der Waals surface area contributed by atoms with Crippen LogP contribution in [-0.4, -0.2) is 22.4 Å². The molecule has 3 aromatic rings. The summed E-state index contributed by atoms with van der Waals surface area (Å²) in [5.74, 6) is 1.20. The Morgan fingerprint density at radius 1 is 1.17 bits per heavy atom. The van der Waals surface area contributed by atoms with Gasteiger partial charge in [-0.3, -0.25) is 4.79 Å².